The van der Waals surface area contributed by atoms with E-state index in [4.69, 9.17) is 42.6 Å². The van der Waals surface area contributed by atoms with Crippen molar-refractivity contribution in [3.05, 3.63) is 27.7 Å². The topological polar surface area (TPSA) is 83.1 Å². The number of rotatable bonds is 1. The van der Waals surface area contributed by atoms with Gasteiger partial charge in [-0.05, 0) is 12.1 Å². The SMILES string of the molecule is COc1c2cc(Br)cc1COCCOCCOCCOCCOCCOCCOCCOC2. The fourth-order valence-electron chi connectivity index (χ4n) is 2.99. The summed E-state index contributed by atoms with van der Waals surface area (Å²) in [7, 11) is 1.65. The van der Waals surface area contributed by atoms with E-state index in [0.717, 1.165) is 21.3 Å². The predicted octanol–water partition coefficient (Wildman–Crippen LogP) is 2.60. The molecule has 190 valence electrons. The first kappa shape index (κ1) is 28.4. The van der Waals surface area contributed by atoms with E-state index >= 15 is 0 Å². The van der Waals surface area contributed by atoms with E-state index in [0.29, 0.717) is 106 Å². The Kier molecular flexibility index (Phi) is 16.8. The summed E-state index contributed by atoms with van der Waals surface area (Å²) in [5, 5.41) is 0. The molecule has 0 radical (unpaired) electrons. The monoisotopic (exact) mass is 536 g/mol. The Morgan fingerprint density at radius 2 is 0.788 bits per heavy atom. The van der Waals surface area contributed by atoms with Gasteiger partial charge in [0.1, 0.15) is 5.75 Å². The molecule has 0 spiro atoms. The summed E-state index contributed by atoms with van der Waals surface area (Å²) in [6.07, 6.45) is 0. The highest BCUT2D eigenvalue weighted by Gasteiger charge is 2.12. The Labute approximate surface area is 205 Å². The standard InChI is InChI=1S/C23H37BrO9/c1-25-23-20-16-22(24)17-21(23)19-33-15-13-31-11-9-29-7-5-27-3-2-26-4-6-28-8-10-30-12-14-32-18-20/h16-17H,2-15,18-19H2,1H3. The molecule has 2 rings (SSSR count). The van der Waals surface area contributed by atoms with Crippen LogP contribution in [-0.2, 0) is 51.1 Å². The quantitative estimate of drug-likeness (QED) is 0.537. The first-order chi connectivity index (χ1) is 16.3. The van der Waals surface area contributed by atoms with Gasteiger partial charge in [-0.3, -0.25) is 0 Å². The van der Waals surface area contributed by atoms with Gasteiger partial charge in [-0.2, -0.15) is 0 Å². The zero-order valence-corrected chi connectivity index (χ0v) is 21.1. The van der Waals surface area contributed by atoms with E-state index in [-0.39, 0.29) is 0 Å². The zero-order chi connectivity index (χ0) is 23.4. The maximum atomic E-state index is 5.77. The molecule has 33 heavy (non-hydrogen) atoms. The molecule has 0 aliphatic carbocycles. The van der Waals surface area contributed by atoms with Crippen LogP contribution in [0.5, 0.6) is 5.75 Å². The highest BCUT2D eigenvalue weighted by molar-refractivity contribution is 9.10. The van der Waals surface area contributed by atoms with Crippen LogP contribution < -0.4 is 4.74 Å². The third-order valence-electron chi connectivity index (χ3n) is 4.53. The Morgan fingerprint density at radius 3 is 1.06 bits per heavy atom. The van der Waals surface area contributed by atoms with Crippen LogP contribution in [0.3, 0.4) is 0 Å². The average molecular weight is 537 g/mol. The van der Waals surface area contributed by atoms with Gasteiger partial charge >= 0.3 is 0 Å². The van der Waals surface area contributed by atoms with Crippen LogP contribution in [-0.4, -0.2) is 99.6 Å². The fraction of sp³-hybridized carbons (Fsp3) is 0.739. The van der Waals surface area contributed by atoms with Gasteiger partial charge in [-0.1, -0.05) is 15.9 Å². The van der Waals surface area contributed by atoms with Gasteiger partial charge in [0.2, 0.25) is 0 Å². The molecular weight excluding hydrogens is 500 g/mol. The molecule has 1 aliphatic rings. The second kappa shape index (κ2) is 19.5. The van der Waals surface area contributed by atoms with Gasteiger partial charge in [0.05, 0.1) is 113 Å². The number of halogens is 1. The minimum Gasteiger partial charge on any atom is -0.496 e. The van der Waals surface area contributed by atoms with Crippen molar-refractivity contribution in [2.45, 2.75) is 13.2 Å². The third kappa shape index (κ3) is 13.6. The summed E-state index contributed by atoms with van der Waals surface area (Å²) in [6, 6.07) is 3.98. The summed E-state index contributed by atoms with van der Waals surface area (Å²) in [5.41, 5.74) is 1.90. The normalized spacial score (nSPS) is 20.5. The maximum absolute atomic E-state index is 5.77. The molecule has 1 heterocycles. The molecule has 1 aromatic carbocycles. The molecule has 0 amide bonds. The van der Waals surface area contributed by atoms with Crippen molar-refractivity contribution in [2.24, 2.45) is 0 Å². The smallest absolute Gasteiger partial charge is 0.129 e. The lowest BCUT2D eigenvalue weighted by atomic mass is 10.1. The van der Waals surface area contributed by atoms with Crippen LogP contribution in [0, 0.1) is 0 Å². The fourth-order valence-corrected chi connectivity index (χ4v) is 3.54. The van der Waals surface area contributed by atoms with E-state index in [2.05, 4.69) is 15.9 Å². The van der Waals surface area contributed by atoms with Crippen molar-refractivity contribution in [3.8, 4) is 5.75 Å². The summed E-state index contributed by atoms with van der Waals surface area (Å²) >= 11 is 3.56. The average Bonchev–Trinajstić information content (AvgIpc) is 2.81. The van der Waals surface area contributed by atoms with Gasteiger partial charge in [0.25, 0.3) is 0 Å². The summed E-state index contributed by atoms with van der Waals surface area (Å²) in [4.78, 5) is 0. The van der Waals surface area contributed by atoms with Gasteiger partial charge in [-0.25, -0.2) is 0 Å². The van der Waals surface area contributed by atoms with E-state index in [1.807, 2.05) is 12.1 Å². The van der Waals surface area contributed by atoms with Crippen molar-refractivity contribution in [2.75, 3.05) is 99.6 Å². The zero-order valence-electron chi connectivity index (χ0n) is 19.5. The molecule has 0 atom stereocenters. The van der Waals surface area contributed by atoms with Crippen LogP contribution in [0.2, 0.25) is 0 Å². The molecule has 0 fully saturated rings. The van der Waals surface area contributed by atoms with Gasteiger partial charge in [-0.15, -0.1) is 0 Å². The van der Waals surface area contributed by atoms with Crippen molar-refractivity contribution in [1.82, 2.24) is 0 Å². The second-order valence-electron chi connectivity index (χ2n) is 7.04. The summed E-state index contributed by atoms with van der Waals surface area (Å²) in [6.45, 7) is 8.00. The number of methoxy groups -OCH3 is 1. The first-order valence-corrected chi connectivity index (χ1v) is 12.1. The Morgan fingerprint density at radius 1 is 0.515 bits per heavy atom. The van der Waals surface area contributed by atoms with Crippen molar-refractivity contribution in [1.29, 1.82) is 0 Å². The predicted molar refractivity (Wildman–Crippen MR) is 125 cm³/mol. The number of hydrogen-bond donors (Lipinski definition) is 0. The molecule has 0 aromatic heterocycles. The minimum atomic E-state index is 0.416. The Bertz CT molecular complexity index is 571. The van der Waals surface area contributed by atoms with Gasteiger partial charge in [0.15, 0.2) is 0 Å². The molecule has 10 heteroatoms. The molecule has 2 bridgehead atoms. The van der Waals surface area contributed by atoms with E-state index < -0.39 is 0 Å². The van der Waals surface area contributed by atoms with Crippen molar-refractivity contribution in [3.63, 3.8) is 0 Å². The Hall–Kier alpha value is -0.820. The number of ether oxygens (including phenoxy) is 9. The van der Waals surface area contributed by atoms with E-state index in [1.165, 1.54) is 0 Å². The van der Waals surface area contributed by atoms with E-state index in [1.54, 1.807) is 7.11 Å². The lowest BCUT2D eigenvalue weighted by Crippen LogP contribution is -2.14. The molecule has 9 nitrogen and oxygen atoms in total. The third-order valence-corrected chi connectivity index (χ3v) is 4.99. The highest BCUT2D eigenvalue weighted by Crippen LogP contribution is 2.29. The first-order valence-electron chi connectivity index (χ1n) is 11.3. The molecule has 0 saturated heterocycles. The lowest BCUT2D eigenvalue weighted by Gasteiger charge is -2.15. The number of fused-ring (bicyclic) bond motifs is 2. The summed E-state index contributed by atoms with van der Waals surface area (Å²) in [5.74, 6) is 0.767. The van der Waals surface area contributed by atoms with Crippen molar-refractivity contribution >= 4 is 15.9 Å². The van der Waals surface area contributed by atoms with Crippen LogP contribution in [0.25, 0.3) is 0 Å². The van der Waals surface area contributed by atoms with Crippen molar-refractivity contribution < 1.29 is 42.6 Å². The minimum absolute atomic E-state index is 0.416. The maximum Gasteiger partial charge on any atom is 0.129 e. The van der Waals surface area contributed by atoms with Gasteiger partial charge < -0.3 is 42.6 Å². The largest absolute Gasteiger partial charge is 0.496 e. The summed E-state index contributed by atoms with van der Waals surface area (Å²) < 4.78 is 51.1. The molecular formula is C23H37BrO9. The molecule has 1 aromatic rings. The Balaban J connectivity index is 1.78. The molecule has 0 unspecified atom stereocenters. The molecule has 1 aliphatic heterocycles. The van der Waals surface area contributed by atoms with Crippen LogP contribution in [0.4, 0.5) is 0 Å². The molecule has 0 saturated carbocycles. The van der Waals surface area contributed by atoms with Gasteiger partial charge in [0, 0.05) is 15.6 Å². The van der Waals surface area contributed by atoms with Crippen LogP contribution >= 0.6 is 15.9 Å². The van der Waals surface area contributed by atoms with Crippen LogP contribution in [0.1, 0.15) is 11.1 Å². The molecule has 0 N–H and O–H groups in total. The van der Waals surface area contributed by atoms with Crippen LogP contribution in [0.15, 0.2) is 16.6 Å². The number of benzene rings is 1. The highest BCUT2D eigenvalue weighted by atomic mass is 79.9. The second-order valence-corrected chi connectivity index (χ2v) is 7.95. The lowest BCUT2D eigenvalue weighted by molar-refractivity contribution is -0.0238. The van der Waals surface area contributed by atoms with E-state index in [9.17, 15) is 0 Å². The number of hydrogen-bond acceptors (Lipinski definition) is 9.